The summed E-state index contributed by atoms with van der Waals surface area (Å²) in [6.45, 7) is 5.79. The van der Waals surface area contributed by atoms with Crippen molar-refractivity contribution >= 4 is 11.6 Å². The molecule has 4 heterocycles. The number of hydrogen-bond donors (Lipinski definition) is 0. The van der Waals surface area contributed by atoms with Gasteiger partial charge in [-0.1, -0.05) is 24.3 Å². The number of nitrogens with zero attached hydrogens (tertiary/aromatic N) is 3. The van der Waals surface area contributed by atoms with E-state index in [-0.39, 0.29) is 11.5 Å². The Kier molecular flexibility index (Phi) is 3.44. The molecule has 1 fully saturated rings. The van der Waals surface area contributed by atoms with Crippen molar-refractivity contribution in [3.05, 3.63) is 64.1 Å². The second-order valence-corrected chi connectivity index (χ2v) is 8.73. The number of aryl methyl sites for hydroxylation is 3. The molecule has 0 N–H and O–H groups in total. The molecule has 2 aromatic heterocycles. The third-order valence-electron chi connectivity index (χ3n) is 7.20. The Morgan fingerprint density at radius 2 is 1.93 bits per heavy atom. The molecule has 0 saturated carbocycles. The molecule has 1 aromatic carbocycles. The number of carbonyl (C=O) groups is 1. The number of pyridine rings is 1. The molecule has 0 radical (unpaired) electrons. The lowest BCUT2D eigenvalue weighted by atomic mass is 9.85. The first-order valence-corrected chi connectivity index (χ1v) is 10.7. The predicted octanol–water partition coefficient (Wildman–Crippen LogP) is 3.96. The standard InChI is InChI=1S/C24H25N3O2/c1-15-16(2)27-14-19(23(28)26-12-5-13-26)18-9-11-24(29-21(18)22(27)25-15)10-8-17-6-3-4-7-20(17)24/h3-4,6-7,14H,5,8-13H2,1-2H3. The van der Waals surface area contributed by atoms with Gasteiger partial charge >= 0.3 is 0 Å². The lowest BCUT2D eigenvalue weighted by Gasteiger charge is -2.38. The van der Waals surface area contributed by atoms with Crippen LogP contribution in [0.2, 0.25) is 0 Å². The molecule has 5 nitrogen and oxygen atoms in total. The average molecular weight is 387 g/mol. The van der Waals surface area contributed by atoms with Crippen LogP contribution in [0.5, 0.6) is 5.75 Å². The first-order chi connectivity index (χ1) is 14.1. The van der Waals surface area contributed by atoms with Crippen molar-refractivity contribution < 1.29 is 9.53 Å². The van der Waals surface area contributed by atoms with E-state index < -0.39 is 0 Å². The minimum atomic E-state index is -0.295. The molecule has 3 aromatic rings. The van der Waals surface area contributed by atoms with Gasteiger partial charge in [-0.25, -0.2) is 4.98 Å². The maximum atomic E-state index is 13.2. The van der Waals surface area contributed by atoms with Crippen molar-refractivity contribution in [3.8, 4) is 5.75 Å². The Labute approximate surface area is 170 Å². The van der Waals surface area contributed by atoms with E-state index in [0.29, 0.717) is 0 Å². The zero-order valence-electron chi connectivity index (χ0n) is 17.0. The van der Waals surface area contributed by atoms with Crippen LogP contribution in [0.4, 0.5) is 0 Å². The summed E-state index contributed by atoms with van der Waals surface area (Å²) in [6, 6.07) is 8.64. The highest BCUT2D eigenvalue weighted by Crippen LogP contribution is 2.49. The molecule has 29 heavy (non-hydrogen) atoms. The van der Waals surface area contributed by atoms with Crippen molar-refractivity contribution in [2.24, 2.45) is 0 Å². The Bertz CT molecular complexity index is 1170. The van der Waals surface area contributed by atoms with Crippen LogP contribution in [-0.2, 0) is 18.4 Å². The fraction of sp³-hybridized carbons (Fsp3) is 0.417. The lowest BCUT2D eigenvalue weighted by Crippen LogP contribution is -2.43. The maximum absolute atomic E-state index is 13.2. The third kappa shape index (κ3) is 2.27. The summed E-state index contributed by atoms with van der Waals surface area (Å²) >= 11 is 0. The number of amides is 1. The number of fused-ring (bicyclic) bond motifs is 5. The summed E-state index contributed by atoms with van der Waals surface area (Å²) in [4.78, 5) is 20.0. The number of rotatable bonds is 1. The molecule has 2 aliphatic heterocycles. The Morgan fingerprint density at radius 3 is 2.72 bits per heavy atom. The summed E-state index contributed by atoms with van der Waals surface area (Å²) in [5.74, 6) is 0.946. The quantitative estimate of drug-likeness (QED) is 0.635. The van der Waals surface area contributed by atoms with Gasteiger partial charge in [0.15, 0.2) is 11.4 Å². The Hall–Kier alpha value is -2.82. The van der Waals surface area contributed by atoms with E-state index in [1.165, 1.54) is 11.1 Å². The smallest absolute Gasteiger partial charge is 0.255 e. The summed E-state index contributed by atoms with van der Waals surface area (Å²) < 4.78 is 8.91. The van der Waals surface area contributed by atoms with Crippen LogP contribution in [0.1, 0.15) is 57.7 Å². The minimum absolute atomic E-state index is 0.131. The molecule has 1 amide bonds. The molecule has 148 valence electrons. The molecule has 1 saturated heterocycles. The fourth-order valence-corrected chi connectivity index (χ4v) is 5.23. The summed E-state index contributed by atoms with van der Waals surface area (Å²) in [6.07, 6.45) is 6.87. The van der Waals surface area contributed by atoms with E-state index in [1.54, 1.807) is 0 Å². The van der Waals surface area contributed by atoms with Gasteiger partial charge in [0, 0.05) is 30.5 Å². The number of carbonyl (C=O) groups excluding carboxylic acids is 1. The van der Waals surface area contributed by atoms with Crippen LogP contribution in [0.25, 0.3) is 5.65 Å². The number of aromatic nitrogens is 2. The van der Waals surface area contributed by atoms with Crippen LogP contribution in [-0.4, -0.2) is 33.3 Å². The monoisotopic (exact) mass is 387 g/mol. The van der Waals surface area contributed by atoms with E-state index in [9.17, 15) is 4.79 Å². The van der Waals surface area contributed by atoms with Crippen LogP contribution < -0.4 is 4.74 Å². The second kappa shape index (κ2) is 5.85. The topological polar surface area (TPSA) is 46.8 Å². The normalized spacial score (nSPS) is 22.3. The number of likely N-dealkylation sites (tertiary alicyclic amines) is 1. The highest BCUT2D eigenvalue weighted by Gasteiger charge is 2.45. The van der Waals surface area contributed by atoms with Gasteiger partial charge in [-0.15, -0.1) is 0 Å². The molecule has 1 unspecified atom stereocenters. The van der Waals surface area contributed by atoms with Gasteiger partial charge in [-0.3, -0.25) is 4.79 Å². The van der Waals surface area contributed by atoms with Crippen molar-refractivity contribution in [1.82, 2.24) is 14.3 Å². The van der Waals surface area contributed by atoms with Gasteiger partial charge in [-0.2, -0.15) is 0 Å². The Balaban J connectivity index is 1.55. The van der Waals surface area contributed by atoms with Crippen LogP contribution in [0.3, 0.4) is 0 Å². The van der Waals surface area contributed by atoms with E-state index in [2.05, 4.69) is 35.6 Å². The van der Waals surface area contributed by atoms with E-state index >= 15 is 0 Å². The van der Waals surface area contributed by atoms with Gasteiger partial charge in [0.25, 0.3) is 5.91 Å². The van der Waals surface area contributed by atoms with Crippen molar-refractivity contribution in [1.29, 1.82) is 0 Å². The van der Waals surface area contributed by atoms with Crippen LogP contribution in [0, 0.1) is 13.8 Å². The van der Waals surface area contributed by atoms with E-state index in [4.69, 9.17) is 9.72 Å². The van der Waals surface area contributed by atoms with Gasteiger partial charge < -0.3 is 14.0 Å². The van der Waals surface area contributed by atoms with Crippen LogP contribution in [0.15, 0.2) is 30.5 Å². The first-order valence-electron chi connectivity index (χ1n) is 10.7. The third-order valence-corrected chi connectivity index (χ3v) is 7.20. The molecule has 3 aliphatic rings. The predicted molar refractivity (Wildman–Crippen MR) is 111 cm³/mol. The molecule has 0 bridgehead atoms. The molecular formula is C24H25N3O2. The number of imidazole rings is 1. The van der Waals surface area contributed by atoms with Gasteiger partial charge in [0.05, 0.1) is 11.3 Å². The molecule has 6 rings (SSSR count). The molecule has 1 atom stereocenters. The van der Waals surface area contributed by atoms with Gasteiger partial charge in [-0.05, 0) is 57.1 Å². The van der Waals surface area contributed by atoms with Crippen molar-refractivity contribution in [3.63, 3.8) is 0 Å². The largest absolute Gasteiger partial charge is 0.478 e. The molecular weight excluding hydrogens is 362 g/mol. The number of hydrogen-bond acceptors (Lipinski definition) is 3. The number of benzene rings is 1. The second-order valence-electron chi connectivity index (χ2n) is 8.73. The zero-order valence-corrected chi connectivity index (χ0v) is 17.0. The average Bonchev–Trinajstić information content (AvgIpc) is 3.18. The number of ether oxygens (including phenoxy) is 1. The van der Waals surface area contributed by atoms with E-state index in [1.807, 2.05) is 18.0 Å². The van der Waals surface area contributed by atoms with E-state index in [0.717, 1.165) is 79.1 Å². The highest BCUT2D eigenvalue weighted by atomic mass is 16.5. The fourth-order valence-electron chi connectivity index (χ4n) is 5.23. The molecule has 5 heteroatoms. The zero-order chi connectivity index (χ0) is 19.8. The summed E-state index contributed by atoms with van der Waals surface area (Å²) in [5, 5.41) is 0. The van der Waals surface area contributed by atoms with Crippen molar-refractivity contribution in [2.45, 2.75) is 51.6 Å². The summed E-state index contributed by atoms with van der Waals surface area (Å²) in [7, 11) is 0. The minimum Gasteiger partial charge on any atom is -0.478 e. The Morgan fingerprint density at radius 1 is 1.14 bits per heavy atom. The highest BCUT2D eigenvalue weighted by molar-refractivity contribution is 5.97. The van der Waals surface area contributed by atoms with Crippen LogP contribution >= 0.6 is 0 Å². The van der Waals surface area contributed by atoms with Crippen molar-refractivity contribution in [2.75, 3.05) is 13.1 Å². The van der Waals surface area contributed by atoms with Gasteiger partial charge in [0.2, 0.25) is 0 Å². The molecule has 1 aliphatic carbocycles. The summed E-state index contributed by atoms with van der Waals surface area (Å²) in [5.41, 5.74) is 7.11. The molecule has 1 spiro atoms. The first kappa shape index (κ1) is 17.1. The SMILES string of the molecule is Cc1nc2c3c(c(C(=O)N4CCC4)cn2c1C)CCC1(CCc2ccccc21)O3. The van der Waals surface area contributed by atoms with Gasteiger partial charge in [0.1, 0.15) is 5.60 Å². The lowest BCUT2D eigenvalue weighted by molar-refractivity contribution is 0.0443. The maximum Gasteiger partial charge on any atom is 0.255 e.